The van der Waals surface area contributed by atoms with E-state index < -0.39 is 0 Å². The Morgan fingerprint density at radius 3 is 2.79 bits per heavy atom. The van der Waals surface area contributed by atoms with Crippen LogP contribution in [0.15, 0.2) is 23.0 Å². The molecule has 0 radical (unpaired) electrons. The van der Waals surface area contributed by atoms with Crippen molar-refractivity contribution in [1.29, 1.82) is 0 Å². The summed E-state index contributed by atoms with van der Waals surface area (Å²) in [5.41, 5.74) is 2.00. The third kappa shape index (κ3) is 3.06. The highest BCUT2D eigenvalue weighted by Crippen LogP contribution is 2.33. The molecule has 0 aliphatic rings. The smallest absolute Gasteiger partial charge is 0.190 e. The van der Waals surface area contributed by atoms with E-state index in [2.05, 4.69) is 18.8 Å². The van der Waals surface area contributed by atoms with E-state index in [9.17, 15) is 4.79 Å². The Kier molecular flexibility index (Phi) is 4.65. The molecule has 0 bridgehead atoms. The molecule has 0 amide bonds. The number of aromatic amines is 1. The van der Waals surface area contributed by atoms with Crippen molar-refractivity contribution >= 4 is 33.8 Å². The normalized spacial score (nSPS) is 11.4. The first-order chi connectivity index (χ1) is 11.4. The number of fused-ring (bicyclic) bond motifs is 1. The van der Waals surface area contributed by atoms with Crippen molar-refractivity contribution in [3.05, 3.63) is 43.3 Å². The van der Waals surface area contributed by atoms with Gasteiger partial charge in [0.2, 0.25) is 0 Å². The molecule has 0 aliphatic heterocycles. The summed E-state index contributed by atoms with van der Waals surface area (Å²) in [6, 6.07) is 5.02. The monoisotopic (exact) mass is 362 g/mol. The summed E-state index contributed by atoms with van der Waals surface area (Å²) in [7, 11) is 1.55. The Labute approximate surface area is 149 Å². The fourth-order valence-electron chi connectivity index (χ4n) is 2.69. The van der Waals surface area contributed by atoms with Crippen molar-refractivity contribution < 1.29 is 4.74 Å². The fraction of sp³-hybridized carbons (Fsp3) is 0.333. The highest BCUT2D eigenvalue weighted by molar-refractivity contribution is 7.12. The second-order valence-electron chi connectivity index (χ2n) is 6.16. The third-order valence-corrected chi connectivity index (χ3v) is 5.17. The number of methoxy groups -OCH3 is 1. The van der Waals surface area contributed by atoms with Crippen LogP contribution in [-0.4, -0.2) is 17.1 Å². The highest BCUT2D eigenvalue weighted by atomic mass is 35.5. The molecule has 1 aromatic carbocycles. The van der Waals surface area contributed by atoms with Crippen LogP contribution < -0.4 is 10.2 Å². The summed E-state index contributed by atoms with van der Waals surface area (Å²) >= 11 is 8.04. The first kappa shape index (κ1) is 17.0. The molecule has 0 spiro atoms. The van der Waals surface area contributed by atoms with Gasteiger partial charge in [-0.25, -0.2) is 4.98 Å². The number of aromatic nitrogens is 2. The molecule has 2 heterocycles. The van der Waals surface area contributed by atoms with Crippen molar-refractivity contribution in [2.24, 2.45) is 5.92 Å². The van der Waals surface area contributed by atoms with Crippen LogP contribution in [0, 0.1) is 12.8 Å². The molecule has 2 aromatic heterocycles. The van der Waals surface area contributed by atoms with E-state index in [1.165, 1.54) is 0 Å². The SMILES string of the molecule is COc1ccc2c(=O)cc(-c3nc(CC(C)C)sc3C)[nH]c2c1Cl. The number of halogens is 1. The van der Waals surface area contributed by atoms with Crippen molar-refractivity contribution in [1.82, 2.24) is 9.97 Å². The van der Waals surface area contributed by atoms with Gasteiger partial charge in [-0.1, -0.05) is 25.4 Å². The minimum absolute atomic E-state index is 0.0823. The number of hydrogen-bond acceptors (Lipinski definition) is 4. The molecule has 1 N–H and O–H groups in total. The molecule has 6 heteroatoms. The summed E-state index contributed by atoms with van der Waals surface area (Å²) < 4.78 is 5.24. The number of ether oxygens (including phenoxy) is 1. The third-order valence-electron chi connectivity index (χ3n) is 3.81. The van der Waals surface area contributed by atoms with Crippen LogP contribution in [0.3, 0.4) is 0 Å². The van der Waals surface area contributed by atoms with Crippen molar-refractivity contribution in [2.75, 3.05) is 7.11 Å². The van der Waals surface area contributed by atoms with E-state index in [-0.39, 0.29) is 5.43 Å². The van der Waals surface area contributed by atoms with Gasteiger partial charge in [-0.3, -0.25) is 4.79 Å². The van der Waals surface area contributed by atoms with Gasteiger partial charge in [-0.2, -0.15) is 0 Å². The predicted molar refractivity (Wildman–Crippen MR) is 101 cm³/mol. The molecule has 0 atom stereocenters. The maximum absolute atomic E-state index is 12.5. The van der Waals surface area contributed by atoms with Gasteiger partial charge in [0.05, 0.1) is 23.3 Å². The number of nitrogens with one attached hydrogen (secondary N) is 1. The highest BCUT2D eigenvalue weighted by Gasteiger charge is 2.15. The number of hydrogen-bond donors (Lipinski definition) is 1. The van der Waals surface area contributed by atoms with Gasteiger partial charge in [-0.05, 0) is 25.0 Å². The minimum Gasteiger partial charge on any atom is -0.495 e. The molecule has 0 saturated carbocycles. The number of aryl methyl sites for hydroxylation is 1. The number of pyridine rings is 1. The van der Waals surface area contributed by atoms with E-state index in [0.717, 1.165) is 22.0 Å². The largest absolute Gasteiger partial charge is 0.495 e. The van der Waals surface area contributed by atoms with Crippen LogP contribution in [0.25, 0.3) is 22.3 Å². The van der Waals surface area contributed by atoms with Crippen molar-refractivity contribution in [3.63, 3.8) is 0 Å². The lowest BCUT2D eigenvalue weighted by Gasteiger charge is -2.08. The summed E-state index contributed by atoms with van der Waals surface area (Å²) in [5.74, 6) is 1.07. The van der Waals surface area contributed by atoms with Crippen LogP contribution in [-0.2, 0) is 6.42 Å². The van der Waals surface area contributed by atoms with Crippen LogP contribution in [0.2, 0.25) is 5.02 Å². The predicted octanol–water partition coefficient (Wildman–Crippen LogP) is 4.82. The van der Waals surface area contributed by atoms with Crippen LogP contribution in [0.1, 0.15) is 23.7 Å². The number of rotatable bonds is 4. The van der Waals surface area contributed by atoms with E-state index in [1.807, 2.05) is 6.92 Å². The zero-order valence-electron chi connectivity index (χ0n) is 14.1. The molecular weight excluding hydrogens is 344 g/mol. The first-order valence-corrected chi connectivity index (χ1v) is 8.96. The lowest BCUT2D eigenvalue weighted by molar-refractivity contribution is 0.415. The van der Waals surface area contributed by atoms with Gasteiger partial charge < -0.3 is 9.72 Å². The first-order valence-electron chi connectivity index (χ1n) is 7.77. The van der Waals surface area contributed by atoms with E-state index in [0.29, 0.717) is 33.3 Å². The lowest BCUT2D eigenvalue weighted by atomic mass is 10.1. The molecule has 126 valence electrons. The minimum atomic E-state index is -0.0823. The second-order valence-corrected chi connectivity index (χ2v) is 7.83. The molecule has 4 nitrogen and oxygen atoms in total. The summed E-state index contributed by atoms with van der Waals surface area (Å²) in [5, 5.41) is 2.03. The van der Waals surface area contributed by atoms with Crippen LogP contribution >= 0.6 is 22.9 Å². The lowest BCUT2D eigenvalue weighted by Crippen LogP contribution is -2.04. The Morgan fingerprint density at radius 1 is 1.38 bits per heavy atom. The van der Waals surface area contributed by atoms with Gasteiger partial charge >= 0.3 is 0 Å². The van der Waals surface area contributed by atoms with E-state index >= 15 is 0 Å². The van der Waals surface area contributed by atoms with Crippen molar-refractivity contribution in [2.45, 2.75) is 27.2 Å². The van der Waals surface area contributed by atoms with Crippen molar-refractivity contribution in [3.8, 4) is 17.1 Å². The maximum atomic E-state index is 12.5. The summed E-state index contributed by atoms with van der Waals surface area (Å²) in [4.78, 5) is 21.5. The number of benzene rings is 1. The number of H-pyrrole nitrogens is 1. The van der Waals surface area contributed by atoms with Crippen LogP contribution in [0.4, 0.5) is 0 Å². The number of thiazole rings is 1. The molecule has 0 unspecified atom stereocenters. The quantitative estimate of drug-likeness (QED) is 0.723. The van der Waals surface area contributed by atoms with Gasteiger partial charge in [0.15, 0.2) is 5.43 Å². The zero-order valence-corrected chi connectivity index (χ0v) is 15.6. The summed E-state index contributed by atoms with van der Waals surface area (Å²) in [6.45, 7) is 6.35. The van der Waals surface area contributed by atoms with Gasteiger partial charge in [0.25, 0.3) is 0 Å². The Bertz CT molecular complexity index is 960. The fourth-order valence-corrected chi connectivity index (χ4v) is 4.14. The average molecular weight is 363 g/mol. The molecule has 0 aliphatic carbocycles. The van der Waals surface area contributed by atoms with E-state index in [4.69, 9.17) is 21.3 Å². The van der Waals surface area contributed by atoms with Crippen LogP contribution in [0.5, 0.6) is 5.75 Å². The summed E-state index contributed by atoms with van der Waals surface area (Å²) in [6.07, 6.45) is 0.928. The molecular formula is C18H19ClN2O2S. The van der Waals surface area contributed by atoms with Gasteiger partial charge in [-0.15, -0.1) is 11.3 Å². The zero-order chi connectivity index (χ0) is 17.4. The average Bonchev–Trinajstić information content (AvgIpc) is 2.88. The molecule has 0 fully saturated rings. The molecule has 3 rings (SSSR count). The van der Waals surface area contributed by atoms with E-state index in [1.54, 1.807) is 36.6 Å². The Hall–Kier alpha value is -1.85. The maximum Gasteiger partial charge on any atom is 0.190 e. The standard InChI is InChI=1S/C18H19ClN2O2S/c1-9(2)7-15-21-17(10(3)24-15)12-8-13(22)11-5-6-14(23-4)16(19)18(11)20-12/h5-6,8-9H,7H2,1-4H3,(H,20,22). The topological polar surface area (TPSA) is 55.0 Å². The number of nitrogens with zero attached hydrogens (tertiary/aromatic N) is 1. The molecule has 0 saturated heterocycles. The van der Waals surface area contributed by atoms with Gasteiger partial charge in [0.1, 0.15) is 16.5 Å². The second kappa shape index (κ2) is 6.57. The Morgan fingerprint density at radius 2 is 2.12 bits per heavy atom. The molecule has 24 heavy (non-hydrogen) atoms. The molecule has 3 aromatic rings. The van der Waals surface area contributed by atoms with Gasteiger partial charge in [0, 0.05) is 22.8 Å². The Balaban J connectivity index is 2.19.